The van der Waals surface area contributed by atoms with Crippen LogP contribution in [0.25, 0.3) is 0 Å². The van der Waals surface area contributed by atoms with Gasteiger partial charge in [-0.25, -0.2) is 4.79 Å². The number of aromatic hydroxyl groups is 1. The average molecular weight is 193 g/mol. The van der Waals surface area contributed by atoms with Gasteiger partial charge < -0.3 is 15.1 Å². The van der Waals surface area contributed by atoms with E-state index in [1.807, 2.05) is 11.9 Å². The molecule has 0 amide bonds. The summed E-state index contributed by atoms with van der Waals surface area (Å²) in [4.78, 5) is 12.7. The molecule has 14 heavy (non-hydrogen) atoms. The zero-order valence-corrected chi connectivity index (χ0v) is 7.82. The fourth-order valence-electron chi connectivity index (χ4n) is 1.80. The Bertz CT molecular complexity index is 401. The number of hydrogen-bond acceptors (Lipinski definition) is 3. The second-order valence-corrected chi connectivity index (χ2v) is 3.44. The number of carboxylic acids is 1. The highest BCUT2D eigenvalue weighted by Crippen LogP contribution is 2.35. The Morgan fingerprint density at radius 1 is 1.50 bits per heavy atom. The number of carboxylic acid groups (broad SMARTS) is 1. The van der Waals surface area contributed by atoms with Crippen LogP contribution in [-0.4, -0.2) is 29.8 Å². The summed E-state index contributed by atoms with van der Waals surface area (Å²) >= 11 is 0. The maximum Gasteiger partial charge on any atom is 0.339 e. The molecule has 0 aromatic heterocycles. The van der Waals surface area contributed by atoms with Gasteiger partial charge in [0, 0.05) is 24.8 Å². The van der Waals surface area contributed by atoms with E-state index in [1.165, 1.54) is 6.07 Å². The lowest BCUT2D eigenvalue weighted by molar-refractivity contribution is 0.0693. The van der Waals surface area contributed by atoms with E-state index in [9.17, 15) is 9.90 Å². The van der Waals surface area contributed by atoms with Crippen LogP contribution in [0.15, 0.2) is 12.1 Å². The monoisotopic (exact) mass is 193 g/mol. The van der Waals surface area contributed by atoms with Gasteiger partial charge in [-0.05, 0) is 18.6 Å². The molecular weight excluding hydrogens is 182 g/mol. The molecular formula is C10H11NO3. The SMILES string of the molecule is CN1CCc2c1ccc(C(=O)O)c2O. The number of nitrogens with zero attached hydrogens (tertiary/aromatic N) is 1. The lowest BCUT2D eigenvalue weighted by atomic mass is 10.1. The molecule has 0 radical (unpaired) electrons. The zero-order chi connectivity index (χ0) is 10.3. The third-order valence-electron chi connectivity index (χ3n) is 2.60. The van der Waals surface area contributed by atoms with Gasteiger partial charge in [-0.3, -0.25) is 0 Å². The Morgan fingerprint density at radius 2 is 2.21 bits per heavy atom. The van der Waals surface area contributed by atoms with E-state index in [0.717, 1.165) is 17.8 Å². The Labute approximate surface area is 81.4 Å². The van der Waals surface area contributed by atoms with Crippen LogP contribution in [0.1, 0.15) is 15.9 Å². The summed E-state index contributed by atoms with van der Waals surface area (Å²) in [5.74, 6) is -1.17. The van der Waals surface area contributed by atoms with E-state index < -0.39 is 5.97 Å². The molecule has 2 rings (SSSR count). The first-order valence-corrected chi connectivity index (χ1v) is 4.40. The van der Waals surface area contributed by atoms with Crippen molar-refractivity contribution in [1.29, 1.82) is 0 Å². The number of hydrogen-bond donors (Lipinski definition) is 2. The van der Waals surface area contributed by atoms with Crippen molar-refractivity contribution in [2.24, 2.45) is 0 Å². The Kier molecular flexibility index (Phi) is 1.84. The van der Waals surface area contributed by atoms with Crippen LogP contribution < -0.4 is 4.90 Å². The number of anilines is 1. The summed E-state index contributed by atoms with van der Waals surface area (Å²) in [6.45, 7) is 0.825. The minimum Gasteiger partial charge on any atom is -0.507 e. The highest BCUT2D eigenvalue weighted by Gasteiger charge is 2.23. The lowest BCUT2D eigenvalue weighted by Gasteiger charge is -2.12. The highest BCUT2D eigenvalue weighted by molar-refractivity contribution is 5.92. The topological polar surface area (TPSA) is 60.8 Å². The van der Waals surface area contributed by atoms with E-state index in [0.29, 0.717) is 6.42 Å². The first-order valence-electron chi connectivity index (χ1n) is 4.40. The smallest absolute Gasteiger partial charge is 0.339 e. The maximum atomic E-state index is 10.7. The standard InChI is InChI=1S/C10H11NO3/c1-11-5-4-6-8(11)3-2-7(9(6)12)10(13)14/h2-3,12H,4-5H2,1H3,(H,13,14). The predicted octanol–water partition coefficient (Wildman–Crippen LogP) is 1.08. The molecule has 4 heteroatoms. The Balaban J connectivity index is 2.58. The number of aromatic carboxylic acids is 1. The van der Waals surface area contributed by atoms with Crippen molar-refractivity contribution in [3.05, 3.63) is 23.3 Å². The van der Waals surface area contributed by atoms with Gasteiger partial charge in [0.2, 0.25) is 0 Å². The van der Waals surface area contributed by atoms with Crippen molar-refractivity contribution in [2.75, 3.05) is 18.5 Å². The molecule has 0 spiro atoms. The molecule has 1 aromatic rings. The summed E-state index contributed by atoms with van der Waals surface area (Å²) in [5, 5.41) is 18.5. The summed E-state index contributed by atoms with van der Waals surface area (Å²) in [6, 6.07) is 3.18. The van der Waals surface area contributed by atoms with Gasteiger partial charge in [0.05, 0.1) is 0 Å². The van der Waals surface area contributed by atoms with Crippen LogP contribution in [0.2, 0.25) is 0 Å². The number of rotatable bonds is 1. The molecule has 0 aliphatic carbocycles. The molecule has 1 aliphatic heterocycles. The first-order chi connectivity index (χ1) is 6.61. The van der Waals surface area contributed by atoms with Crippen molar-refractivity contribution in [2.45, 2.75) is 6.42 Å². The lowest BCUT2D eigenvalue weighted by Crippen LogP contribution is -2.12. The second kappa shape index (κ2) is 2.90. The number of carbonyl (C=O) groups is 1. The van der Waals surface area contributed by atoms with E-state index in [4.69, 9.17) is 5.11 Å². The molecule has 4 nitrogen and oxygen atoms in total. The second-order valence-electron chi connectivity index (χ2n) is 3.44. The molecule has 0 fully saturated rings. The summed E-state index contributed by atoms with van der Waals surface area (Å²) in [7, 11) is 1.92. The molecule has 1 heterocycles. The van der Waals surface area contributed by atoms with Gasteiger partial charge in [0.1, 0.15) is 11.3 Å². The van der Waals surface area contributed by atoms with Crippen LogP contribution in [-0.2, 0) is 6.42 Å². The van der Waals surface area contributed by atoms with E-state index in [1.54, 1.807) is 6.07 Å². The third kappa shape index (κ3) is 1.11. The van der Waals surface area contributed by atoms with Gasteiger partial charge in [-0.1, -0.05) is 0 Å². The fourth-order valence-corrected chi connectivity index (χ4v) is 1.80. The molecule has 0 saturated heterocycles. The number of fused-ring (bicyclic) bond motifs is 1. The molecule has 0 bridgehead atoms. The van der Waals surface area contributed by atoms with Crippen LogP contribution in [0, 0.1) is 0 Å². The Hall–Kier alpha value is -1.71. The third-order valence-corrected chi connectivity index (χ3v) is 2.60. The minimum atomic E-state index is -1.08. The van der Waals surface area contributed by atoms with E-state index in [-0.39, 0.29) is 11.3 Å². The van der Waals surface area contributed by atoms with Crippen molar-refractivity contribution in [3.63, 3.8) is 0 Å². The number of likely N-dealkylation sites (N-methyl/N-ethyl adjacent to an activating group) is 1. The average Bonchev–Trinajstić information content (AvgIpc) is 2.49. The molecule has 1 aromatic carbocycles. The van der Waals surface area contributed by atoms with Crippen molar-refractivity contribution in [1.82, 2.24) is 0 Å². The van der Waals surface area contributed by atoms with Gasteiger partial charge in [0.15, 0.2) is 0 Å². The van der Waals surface area contributed by atoms with Crippen LogP contribution in [0.4, 0.5) is 5.69 Å². The summed E-state index contributed by atoms with van der Waals surface area (Å²) in [6.07, 6.45) is 0.707. The molecule has 74 valence electrons. The molecule has 1 aliphatic rings. The molecule has 0 atom stereocenters. The Morgan fingerprint density at radius 3 is 2.86 bits per heavy atom. The van der Waals surface area contributed by atoms with E-state index >= 15 is 0 Å². The molecule has 0 saturated carbocycles. The van der Waals surface area contributed by atoms with Crippen LogP contribution in [0.5, 0.6) is 5.75 Å². The van der Waals surface area contributed by atoms with Gasteiger partial charge in [-0.2, -0.15) is 0 Å². The fraction of sp³-hybridized carbons (Fsp3) is 0.300. The number of phenols is 1. The van der Waals surface area contributed by atoms with Gasteiger partial charge in [0.25, 0.3) is 0 Å². The summed E-state index contributed by atoms with van der Waals surface area (Å²) in [5.41, 5.74) is 1.65. The molecule has 2 N–H and O–H groups in total. The number of benzene rings is 1. The largest absolute Gasteiger partial charge is 0.507 e. The predicted molar refractivity (Wildman–Crippen MR) is 52.0 cm³/mol. The van der Waals surface area contributed by atoms with E-state index in [2.05, 4.69) is 0 Å². The van der Waals surface area contributed by atoms with Crippen LogP contribution >= 0.6 is 0 Å². The normalized spacial score (nSPS) is 14.2. The maximum absolute atomic E-state index is 10.7. The molecule has 0 unspecified atom stereocenters. The van der Waals surface area contributed by atoms with Crippen molar-refractivity contribution < 1.29 is 15.0 Å². The van der Waals surface area contributed by atoms with Crippen molar-refractivity contribution in [3.8, 4) is 5.75 Å². The first kappa shape index (κ1) is 8.87. The highest BCUT2D eigenvalue weighted by atomic mass is 16.4. The van der Waals surface area contributed by atoms with Crippen molar-refractivity contribution >= 4 is 11.7 Å². The van der Waals surface area contributed by atoms with Crippen LogP contribution in [0.3, 0.4) is 0 Å². The quantitative estimate of drug-likeness (QED) is 0.700. The van der Waals surface area contributed by atoms with Gasteiger partial charge >= 0.3 is 5.97 Å². The zero-order valence-electron chi connectivity index (χ0n) is 7.82. The minimum absolute atomic E-state index is 0.0148. The van der Waals surface area contributed by atoms with Gasteiger partial charge in [-0.15, -0.1) is 0 Å². The summed E-state index contributed by atoms with van der Waals surface area (Å²) < 4.78 is 0.